The number of amides is 3. The van der Waals surface area contributed by atoms with Gasteiger partial charge >= 0.3 is 12.1 Å². The zero-order chi connectivity index (χ0) is 40.0. The van der Waals surface area contributed by atoms with Gasteiger partial charge in [0.25, 0.3) is 5.69 Å². The van der Waals surface area contributed by atoms with Crippen molar-refractivity contribution in [1.29, 1.82) is 0 Å². The van der Waals surface area contributed by atoms with E-state index < -0.39 is 24.6 Å². The van der Waals surface area contributed by atoms with Crippen LogP contribution in [0.15, 0.2) is 36.7 Å². The fraction of sp³-hybridized carbons (Fsp3) is 0.500. The molecule has 15 nitrogen and oxygen atoms in total. The lowest BCUT2D eigenvalue weighted by atomic mass is 10.1. The molecule has 54 heavy (non-hydrogen) atoms. The van der Waals surface area contributed by atoms with Gasteiger partial charge in [-0.3, -0.25) is 19.9 Å². The first-order chi connectivity index (χ1) is 25.3. The Morgan fingerprint density at radius 3 is 2.17 bits per heavy atom. The Morgan fingerprint density at radius 2 is 1.61 bits per heavy atom. The molecule has 3 amide bonds. The summed E-state index contributed by atoms with van der Waals surface area (Å²) in [4.78, 5) is 53.5. The Balaban J connectivity index is 1.57. The minimum absolute atomic E-state index is 0.0791. The predicted molar refractivity (Wildman–Crippen MR) is 213 cm³/mol. The van der Waals surface area contributed by atoms with Gasteiger partial charge in [0.2, 0.25) is 0 Å². The van der Waals surface area contributed by atoms with Crippen LogP contribution in [0.2, 0.25) is 35.7 Å². The van der Waals surface area contributed by atoms with E-state index in [0.717, 1.165) is 6.04 Å². The molecule has 3 aromatic rings. The van der Waals surface area contributed by atoms with Gasteiger partial charge in [0, 0.05) is 83.8 Å². The summed E-state index contributed by atoms with van der Waals surface area (Å²) in [6, 6.07) is 8.46. The Kier molecular flexibility index (Phi) is 14.0. The number of aromatic nitrogens is 2. The minimum atomic E-state index is -1.45. The molecule has 0 N–H and O–H groups in total. The summed E-state index contributed by atoms with van der Waals surface area (Å²) < 4.78 is 22.4. The van der Waals surface area contributed by atoms with E-state index in [-0.39, 0.29) is 58.0 Å². The standard InChI is InChI=1S/C36H49Cl2N7O8Si/c1-36(2,3)53-35(47)43-14-12-42(13-15-43)26-11-10-24(27(20-26)45(48)49)18-25-19-30(40-22-39-25)41(4)34(46)44(23-52-16-17-54(7,8)9)33-31(37)28(50-5)21-29(51-6)32(33)38/h10-11,19-22H,12-18,23H2,1-9H3. The Labute approximate surface area is 327 Å². The average Bonchev–Trinajstić information content (AvgIpc) is 3.11. The van der Waals surface area contributed by atoms with Gasteiger partial charge in [0.1, 0.15) is 46.0 Å². The SMILES string of the molecule is COc1cc(OC)c(Cl)c(N(COCC[Si](C)(C)C)C(=O)N(C)c2cc(Cc3ccc(N4CCN(C(=O)OC(C)(C)C)CC4)cc3[N+](=O)[O-])ncn2)c1Cl. The lowest BCUT2D eigenvalue weighted by molar-refractivity contribution is -0.385. The number of ether oxygens (including phenoxy) is 4. The normalized spacial score (nSPS) is 13.4. The maximum atomic E-state index is 14.3. The Hall–Kier alpha value is -4.38. The third-order valence-corrected chi connectivity index (χ3v) is 11.0. The number of benzene rings is 2. The van der Waals surface area contributed by atoms with Crippen LogP contribution < -0.4 is 24.2 Å². The van der Waals surface area contributed by atoms with Crippen molar-refractivity contribution < 1.29 is 33.5 Å². The molecule has 18 heteroatoms. The fourth-order valence-corrected chi connectivity index (χ4v) is 7.00. The molecule has 1 aliphatic rings. The van der Waals surface area contributed by atoms with Gasteiger partial charge in [-0.15, -0.1) is 0 Å². The molecule has 294 valence electrons. The summed E-state index contributed by atoms with van der Waals surface area (Å²) in [5, 5.41) is 12.5. The lowest BCUT2D eigenvalue weighted by Gasteiger charge is -2.36. The highest BCUT2D eigenvalue weighted by Gasteiger charge is 2.31. The van der Waals surface area contributed by atoms with Crippen LogP contribution >= 0.6 is 23.2 Å². The number of halogens is 2. The van der Waals surface area contributed by atoms with Crippen LogP contribution in [-0.4, -0.2) is 106 Å². The molecule has 0 aliphatic carbocycles. The zero-order valence-electron chi connectivity index (χ0n) is 32.3. The van der Waals surface area contributed by atoms with Crippen molar-refractivity contribution >= 4 is 66.3 Å². The molecule has 2 heterocycles. The Morgan fingerprint density at radius 1 is 0.981 bits per heavy atom. The molecule has 1 aliphatic heterocycles. The predicted octanol–water partition coefficient (Wildman–Crippen LogP) is 7.73. The third kappa shape index (κ3) is 10.9. The molecule has 2 aromatic carbocycles. The number of carbonyl (C=O) groups excluding carboxylic acids is 2. The van der Waals surface area contributed by atoms with E-state index in [4.69, 9.17) is 42.1 Å². The van der Waals surface area contributed by atoms with Crippen LogP contribution in [0.1, 0.15) is 32.0 Å². The summed E-state index contributed by atoms with van der Waals surface area (Å²) >= 11 is 13.5. The van der Waals surface area contributed by atoms with Gasteiger partial charge in [0.05, 0.1) is 30.5 Å². The molecule has 4 rings (SSSR count). The molecule has 0 spiro atoms. The van der Waals surface area contributed by atoms with Crippen LogP contribution in [0.25, 0.3) is 0 Å². The number of anilines is 3. The number of methoxy groups -OCH3 is 2. The number of rotatable bonds is 13. The van der Waals surface area contributed by atoms with Crippen LogP contribution in [0.3, 0.4) is 0 Å². The Bertz CT molecular complexity index is 1800. The number of hydrogen-bond donors (Lipinski definition) is 0. The zero-order valence-corrected chi connectivity index (χ0v) is 34.8. The van der Waals surface area contributed by atoms with Crippen molar-refractivity contribution in [2.24, 2.45) is 0 Å². The third-order valence-electron chi connectivity index (χ3n) is 8.54. The van der Waals surface area contributed by atoms with Crippen LogP contribution in [-0.2, 0) is 15.9 Å². The van der Waals surface area contributed by atoms with Crippen molar-refractivity contribution in [3.63, 3.8) is 0 Å². The molecule has 0 unspecified atom stereocenters. The van der Waals surface area contributed by atoms with Gasteiger partial charge in [0.15, 0.2) is 0 Å². The van der Waals surface area contributed by atoms with Gasteiger partial charge in [-0.2, -0.15) is 0 Å². The second-order valence-electron chi connectivity index (χ2n) is 14.9. The first-order valence-electron chi connectivity index (χ1n) is 17.4. The topological polar surface area (TPSA) is 153 Å². The van der Waals surface area contributed by atoms with E-state index in [0.29, 0.717) is 49.7 Å². The second-order valence-corrected chi connectivity index (χ2v) is 21.3. The smallest absolute Gasteiger partial charge is 0.410 e. The van der Waals surface area contributed by atoms with Crippen molar-refractivity contribution in [2.45, 2.75) is 58.5 Å². The lowest BCUT2D eigenvalue weighted by Crippen LogP contribution is -2.50. The molecule has 0 bridgehead atoms. The van der Waals surface area contributed by atoms with Crippen molar-refractivity contribution in [3.05, 3.63) is 68.1 Å². The van der Waals surface area contributed by atoms with Crippen LogP contribution in [0.5, 0.6) is 11.5 Å². The number of nitro benzene ring substituents is 1. The summed E-state index contributed by atoms with van der Waals surface area (Å²) in [5.41, 5.74) is 0.991. The maximum Gasteiger partial charge on any atom is 0.410 e. The highest BCUT2D eigenvalue weighted by molar-refractivity contribution is 6.76. The summed E-state index contributed by atoms with van der Waals surface area (Å²) in [6.07, 6.45) is 1.00. The van der Waals surface area contributed by atoms with Crippen LogP contribution in [0.4, 0.5) is 32.5 Å². The molecule has 0 atom stereocenters. The minimum Gasteiger partial charge on any atom is -0.495 e. The summed E-state index contributed by atoms with van der Waals surface area (Å²) in [7, 11) is 2.97. The maximum absolute atomic E-state index is 14.3. The fourth-order valence-electron chi connectivity index (χ4n) is 5.54. The van der Waals surface area contributed by atoms with Gasteiger partial charge in [-0.1, -0.05) is 42.8 Å². The number of nitro groups is 1. The van der Waals surface area contributed by atoms with Crippen LogP contribution in [0, 0.1) is 10.1 Å². The first-order valence-corrected chi connectivity index (χ1v) is 21.8. The summed E-state index contributed by atoms with van der Waals surface area (Å²) in [5.74, 6) is 0.715. The number of urea groups is 1. The number of hydrogen-bond acceptors (Lipinski definition) is 11. The van der Waals surface area contributed by atoms with E-state index in [1.54, 1.807) is 17.0 Å². The molecule has 1 fully saturated rings. The van der Waals surface area contributed by atoms with Crippen molar-refractivity contribution in [2.75, 3.05) is 75.5 Å². The average molecular weight is 807 g/mol. The molecular formula is C36H49Cl2N7O8Si. The molecule has 0 saturated carbocycles. The van der Waals surface area contributed by atoms with Gasteiger partial charge in [-0.05, 0) is 38.9 Å². The van der Waals surface area contributed by atoms with E-state index in [1.807, 2.05) is 31.7 Å². The van der Waals surface area contributed by atoms with Crippen molar-refractivity contribution in [3.8, 4) is 11.5 Å². The van der Waals surface area contributed by atoms with Crippen molar-refractivity contribution in [1.82, 2.24) is 14.9 Å². The van der Waals surface area contributed by atoms with E-state index in [9.17, 15) is 19.7 Å². The largest absolute Gasteiger partial charge is 0.495 e. The quantitative estimate of drug-likeness (QED) is 0.0548. The summed E-state index contributed by atoms with van der Waals surface area (Å²) in [6.45, 7) is 14.2. The second kappa shape index (κ2) is 17.8. The number of nitrogens with zero attached hydrogens (tertiary/aromatic N) is 7. The highest BCUT2D eigenvalue weighted by atomic mass is 35.5. The molecular weight excluding hydrogens is 757 g/mol. The first kappa shape index (κ1) is 42.4. The number of piperazine rings is 1. The molecule has 0 radical (unpaired) electrons. The van der Waals surface area contributed by atoms with Gasteiger partial charge in [-0.25, -0.2) is 19.6 Å². The van der Waals surface area contributed by atoms with E-state index in [1.165, 1.54) is 49.5 Å². The monoisotopic (exact) mass is 805 g/mol. The van der Waals surface area contributed by atoms with Gasteiger partial charge < -0.3 is 28.7 Å². The van der Waals surface area contributed by atoms with E-state index in [2.05, 4.69) is 29.6 Å². The highest BCUT2D eigenvalue weighted by Crippen LogP contribution is 2.46. The number of carbonyl (C=O) groups is 2. The molecule has 1 aromatic heterocycles. The van der Waals surface area contributed by atoms with E-state index >= 15 is 0 Å². The molecule has 1 saturated heterocycles.